The number of rotatable bonds is 3. The quantitative estimate of drug-likeness (QED) is 0.702. The van der Waals surface area contributed by atoms with Crippen molar-refractivity contribution >= 4 is 26.3 Å². The maximum absolute atomic E-state index is 1.59. The third kappa shape index (κ3) is 2.77. The fourth-order valence-corrected chi connectivity index (χ4v) is 12.6. The van der Waals surface area contributed by atoms with Crippen molar-refractivity contribution in [3.8, 4) is 0 Å². The van der Waals surface area contributed by atoms with Gasteiger partial charge in [0.25, 0.3) is 0 Å². The first-order chi connectivity index (χ1) is 5.95. The molecule has 2 rings (SSSR count). The first-order valence-electron chi connectivity index (χ1n) is 5.27. The molecule has 0 N–H and O–H groups in total. The Morgan fingerprint density at radius 3 is 1.25 bits per heavy atom. The van der Waals surface area contributed by atoms with E-state index in [0.717, 1.165) is 26.3 Å². The molecule has 2 aliphatic carbocycles. The van der Waals surface area contributed by atoms with Crippen molar-refractivity contribution in [1.29, 1.82) is 0 Å². The van der Waals surface area contributed by atoms with E-state index in [0.29, 0.717) is 0 Å². The van der Waals surface area contributed by atoms with E-state index in [2.05, 4.69) is 0 Å². The Bertz CT molecular complexity index is 108. The normalized spacial score (nSPS) is 27.0. The van der Waals surface area contributed by atoms with Crippen molar-refractivity contribution in [3.63, 3.8) is 0 Å². The predicted molar refractivity (Wildman–Crippen MR) is 55.9 cm³/mol. The standard InChI is InChI=1S/C10H18Se2/c1-2-6-9(5-1)11-12-10-7-3-4-8-10/h9-10H,1-8H2. The molecule has 12 heavy (non-hydrogen) atoms. The van der Waals surface area contributed by atoms with Gasteiger partial charge in [0.2, 0.25) is 0 Å². The molecule has 0 unspecified atom stereocenters. The monoisotopic (exact) mass is 298 g/mol. The van der Waals surface area contributed by atoms with Crippen LogP contribution < -0.4 is 0 Å². The summed E-state index contributed by atoms with van der Waals surface area (Å²) in [4.78, 5) is 2.44. The minimum absolute atomic E-state index is 1.08. The topological polar surface area (TPSA) is 0 Å². The van der Waals surface area contributed by atoms with E-state index in [1.54, 1.807) is 51.4 Å². The van der Waals surface area contributed by atoms with Gasteiger partial charge in [-0.3, -0.25) is 0 Å². The molecule has 0 bridgehead atoms. The molecule has 0 radical (unpaired) electrons. The van der Waals surface area contributed by atoms with Crippen LogP contribution in [0.15, 0.2) is 0 Å². The van der Waals surface area contributed by atoms with Crippen molar-refractivity contribution in [2.24, 2.45) is 0 Å². The van der Waals surface area contributed by atoms with E-state index in [1.807, 2.05) is 0 Å². The van der Waals surface area contributed by atoms with Gasteiger partial charge in [-0.25, -0.2) is 0 Å². The average molecular weight is 296 g/mol. The fraction of sp³-hybridized carbons (Fsp3) is 1.00. The molecule has 0 atom stereocenters. The first-order valence-corrected chi connectivity index (χ1v) is 11.6. The van der Waals surface area contributed by atoms with Crippen LogP contribution in [-0.4, -0.2) is 26.3 Å². The molecule has 2 aliphatic rings. The second-order valence-electron chi connectivity index (χ2n) is 4.01. The van der Waals surface area contributed by atoms with E-state index < -0.39 is 0 Å². The van der Waals surface area contributed by atoms with Crippen molar-refractivity contribution in [1.82, 2.24) is 0 Å². The second kappa shape index (κ2) is 5.05. The van der Waals surface area contributed by atoms with Crippen LogP contribution in [0.5, 0.6) is 0 Å². The summed E-state index contributed by atoms with van der Waals surface area (Å²) >= 11 is 2.16. The summed E-state index contributed by atoms with van der Waals surface area (Å²) in [6, 6.07) is 0. The van der Waals surface area contributed by atoms with Crippen LogP contribution in [-0.2, 0) is 0 Å². The zero-order chi connectivity index (χ0) is 8.23. The summed E-state index contributed by atoms with van der Waals surface area (Å²) in [5.74, 6) is 0. The summed E-state index contributed by atoms with van der Waals surface area (Å²) in [7, 11) is 0. The summed E-state index contributed by atoms with van der Waals surface area (Å²) < 4.78 is 0. The molecule has 0 spiro atoms. The average Bonchev–Trinajstić information content (AvgIpc) is 2.74. The van der Waals surface area contributed by atoms with Gasteiger partial charge in [0.1, 0.15) is 0 Å². The van der Waals surface area contributed by atoms with Crippen molar-refractivity contribution < 1.29 is 0 Å². The van der Waals surface area contributed by atoms with Crippen molar-refractivity contribution in [3.05, 3.63) is 0 Å². The summed E-state index contributed by atoms with van der Waals surface area (Å²) in [5.41, 5.74) is 0. The van der Waals surface area contributed by atoms with E-state index in [1.165, 1.54) is 9.63 Å². The Hall–Kier alpha value is 1.04. The molecule has 0 aromatic heterocycles. The Morgan fingerprint density at radius 1 is 0.583 bits per heavy atom. The van der Waals surface area contributed by atoms with Gasteiger partial charge in [0.15, 0.2) is 0 Å². The SMILES string of the molecule is C1CCC([Se][Se]C2CCCC2)C1. The Labute approximate surface area is 87.1 Å². The minimum atomic E-state index is 1.08. The Kier molecular flexibility index (Phi) is 4.04. The zero-order valence-electron chi connectivity index (χ0n) is 7.63. The molecular formula is C10H18Se2. The summed E-state index contributed by atoms with van der Waals surface area (Å²) in [6.45, 7) is 0. The van der Waals surface area contributed by atoms with Gasteiger partial charge in [-0.2, -0.15) is 0 Å². The molecule has 70 valence electrons. The molecule has 0 nitrogen and oxygen atoms in total. The molecule has 0 aromatic carbocycles. The van der Waals surface area contributed by atoms with E-state index in [4.69, 9.17) is 0 Å². The van der Waals surface area contributed by atoms with Crippen LogP contribution in [0.2, 0.25) is 9.63 Å². The number of hydrogen-bond acceptors (Lipinski definition) is 0. The third-order valence-corrected chi connectivity index (χ3v) is 13.4. The van der Waals surface area contributed by atoms with Crippen molar-refractivity contribution in [2.45, 2.75) is 61.0 Å². The molecule has 2 saturated carbocycles. The molecule has 2 heteroatoms. The molecule has 0 aliphatic heterocycles. The van der Waals surface area contributed by atoms with Crippen LogP contribution in [0.3, 0.4) is 0 Å². The van der Waals surface area contributed by atoms with E-state index in [9.17, 15) is 0 Å². The van der Waals surface area contributed by atoms with Gasteiger partial charge in [0.05, 0.1) is 0 Å². The third-order valence-electron chi connectivity index (χ3n) is 2.93. The molecule has 0 aromatic rings. The Morgan fingerprint density at radius 2 is 0.917 bits per heavy atom. The van der Waals surface area contributed by atoms with Crippen LogP contribution >= 0.6 is 0 Å². The van der Waals surface area contributed by atoms with Gasteiger partial charge in [-0.15, -0.1) is 0 Å². The summed E-state index contributed by atoms with van der Waals surface area (Å²) in [6.07, 6.45) is 12.6. The van der Waals surface area contributed by atoms with Gasteiger partial charge >= 0.3 is 87.3 Å². The van der Waals surface area contributed by atoms with Crippen molar-refractivity contribution in [2.75, 3.05) is 0 Å². The molecule has 0 heterocycles. The molecular weight excluding hydrogens is 278 g/mol. The van der Waals surface area contributed by atoms with Crippen LogP contribution in [0.1, 0.15) is 51.4 Å². The molecule has 0 amide bonds. The Balaban J connectivity index is 1.60. The number of hydrogen-bond donors (Lipinski definition) is 0. The van der Waals surface area contributed by atoms with Gasteiger partial charge in [0, 0.05) is 0 Å². The van der Waals surface area contributed by atoms with Gasteiger partial charge in [-0.05, 0) is 0 Å². The zero-order valence-corrected chi connectivity index (χ0v) is 11.1. The first kappa shape index (κ1) is 9.59. The molecule has 2 fully saturated rings. The van der Waals surface area contributed by atoms with Gasteiger partial charge in [-0.1, -0.05) is 0 Å². The fourth-order valence-electron chi connectivity index (χ4n) is 2.13. The van der Waals surface area contributed by atoms with Crippen LogP contribution in [0.25, 0.3) is 0 Å². The van der Waals surface area contributed by atoms with Gasteiger partial charge < -0.3 is 0 Å². The molecule has 0 saturated heterocycles. The maximum atomic E-state index is 1.59. The van der Waals surface area contributed by atoms with Crippen LogP contribution in [0, 0.1) is 0 Å². The van der Waals surface area contributed by atoms with Crippen LogP contribution in [0.4, 0.5) is 0 Å². The second-order valence-corrected chi connectivity index (χ2v) is 11.8. The summed E-state index contributed by atoms with van der Waals surface area (Å²) in [5, 5.41) is 0. The predicted octanol–water partition coefficient (Wildman–Crippen LogP) is 3.03. The van der Waals surface area contributed by atoms with E-state index in [-0.39, 0.29) is 0 Å². The van der Waals surface area contributed by atoms with E-state index >= 15 is 0 Å².